The van der Waals surface area contributed by atoms with Gasteiger partial charge in [-0.25, -0.2) is 14.4 Å². The predicted octanol–water partition coefficient (Wildman–Crippen LogP) is 3.14. The number of hydrogen-bond acceptors (Lipinski definition) is 5. The van der Waals surface area contributed by atoms with Crippen molar-refractivity contribution < 1.29 is 27.5 Å². The van der Waals surface area contributed by atoms with Crippen LogP contribution in [0.15, 0.2) is 30.6 Å². The highest BCUT2D eigenvalue weighted by Crippen LogP contribution is 2.44. The van der Waals surface area contributed by atoms with Gasteiger partial charge in [0.2, 0.25) is 0 Å². The summed E-state index contributed by atoms with van der Waals surface area (Å²) >= 11 is 0. The number of ether oxygens (including phenoxy) is 1. The molecule has 0 saturated heterocycles. The van der Waals surface area contributed by atoms with Crippen LogP contribution in [0.2, 0.25) is 0 Å². The van der Waals surface area contributed by atoms with E-state index in [4.69, 9.17) is 0 Å². The van der Waals surface area contributed by atoms with Crippen molar-refractivity contribution in [2.45, 2.75) is 26.0 Å². The molecule has 0 N–H and O–H groups in total. The van der Waals surface area contributed by atoms with Crippen LogP contribution in [0.4, 0.5) is 18.9 Å². The maximum Gasteiger partial charge on any atom is 0.483 e. The quantitative estimate of drug-likeness (QED) is 0.779. The summed E-state index contributed by atoms with van der Waals surface area (Å²) in [5, 5.41) is 0. The van der Waals surface area contributed by atoms with Crippen molar-refractivity contribution in [3.63, 3.8) is 0 Å². The number of halogens is 3. The molecule has 1 aliphatic heterocycles. The van der Waals surface area contributed by atoms with Crippen LogP contribution in [0.1, 0.15) is 36.1 Å². The summed E-state index contributed by atoms with van der Waals surface area (Å²) in [6.07, 6.45) is -1.85. The number of rotatable bonds is 4. The number of alkyl halides is 2. The van der Waals surface area contributed by atoms with Crippen LogP contribution in [0.25, 0.3) is 0 Å². The molecule has 0 spiro atoms. The van der Waals surface area contributed by atoms with E-state index in [2.05, 4.69) is 14.7 Å². The number of anilines is 1. The topological polar surface area (TPSA) is 72.4 Å². The fraction of sp³-hybridized carbons (Fsp3) is 0.294. The second kappa shape index (κ2) is 6.40. The van der Waals surface area contributed by atoms with Crippen LogP contribution in [0.5, 0.6) is 5.75 Å². The second-order valence-electron chi connectivity index (χ2n) is 6.09. The van der Waals surface area contributed by atoms with Gasteiger partial charge in [0.1, 0.15) is 6.29 Å². The van der Waals surface area contributed by atoms with Gasteiger partial charge >= 0.3 is 12.0 Å². The monoisotopic (exact) mass is 365 g/mol. The summed E-state index contributed by atoms with van der Waals surface area (Å²) in [6.45, 7) is 3.38. The number of amides is 1. The number of aromatic nitrogens is 2. The van der Waals surface area contributed by atoms with E-state index in [1.807, 2.05) is 0 Å². The second-order valence-corrected chi connectivity index (χ2v) is 6.09. The van der Waals surface area contributed by atoms with Gasteiger partial charge in [-0.1, -0.05) is 13.8 Å². The molecule has 0 fully saturated rings. The molecule has 1 amide bonds. The Morgan fingerprint density at radius 3 is 2.46 bits per heavy atom. The Hall–Kier alpha value is -2.97. The van der Waals surface area contributed by atoms with Gasteiger partial charge in [0.15, 0.2) is 17.4 Å². The summed E-state index contributed by atoms with van der Waals surface area (Å²) in [6, 6.07) is 2.85. The van der Waals surface area contributed by atoms with Crippen molar-refractivity contribution in [2.24, 2.45) is 5.92 Å². The molecule has 136 valence electrons. The lowest BCUT2D eigenvalue weighted by molar-refractivity contribution is -0.193. The molecule has 6 nitrogen and oxygen atoms in total. The molecule has 1 aromatic heterocycles. The van der Waals surface area contributed by atoms with E-state index in [0.29, 0.717) is 6.29 Å². The van der Waals surface area contributed by atoms with Gasteiger partial charge in [0, 0.05) is 5.56 Å². The van der Waals surface area contributed by atoms with Crippen LogP contribution < -0.4 is 9.64 Å². The molecule has 3 rings (SSSR count). The highest BCUT2D eigenvalue weighted by atomic mass is 19.3. The van der Waals surface area contributed by atoms with Crippen molar-refractivity contribution in [1.82, 2.24) is 9.97 Å². The van der Waals surface area contributed by atoms with E-state index in [1.54, 1.807) is 13.8 Å². The lowest BCUT2D eigenvalue weighted by atomic mass is 9.99. The van der Waals surface area contributed by atoms with Crippen molar-refractivity contribution in [3.05, 3.63) is 47.8 Å². The molecule has 2 aromatic rings. The first-order valence-electron chi connectivity index (χ1n) is 7.71. The number of hydrogen-bond donors (Lipinski definition) is 0. The average Bonchev–Trinajstić information content (AvgIpc) is 2.59. The largest absolute Gasteiger partial charge is 0.483 e. The normalized spacial score (nSPS) is 16.8. The number of nitrogens with zero attached hydrogens (tertiary/aromatic N) is 3. The molecule has 1 aliphatic rings. The third kappa shape index (κ3) is 3.00. The first-order valence-corrected chi connectivity index (χ1v) is 7.71. The smallest absolute Gasteiger partial charge is 0.423 e. The number of fused-ring (bicyclic) bond motifs is 1. The molecule has 1 atom stereocenters. The number of carbonyl (C=O) groups excluding carboxylic acids is 2. The van der Waals surface area contributed by atoms with Gasteiger partial charge in [-0.3, -0.25) is 14.5 Å². The molecule has 26 heavy (non-hydrogen) atoms. The van der Waals surface area contributed by atoms with Crippen molar-refractivity contribution >= 4 is 17.9 Å². The molecule has 0 bridgehead atoms. The third-order valence-electron chi connectivity index (χ3n) is 3.90. The fourth-order valence-corrected chi connectivity index (χ4v) is 2.78. The van der Waals surface area contributed by atoms with E-state index in [0.717, 1.165) is 23.4 Å². The maximum absolute atomic E-state index is 14.2. The summed E-state index contributed by atoms with van der Waals surface area (Å²) in [7, 11) is 0. The third-order valence-corrected chi connectivity index (χ3v) is 3.90. The van der Waals surface area contributed by atoms with E-state index in [1.165, 1.54) is 12.1 Å². The van der Waals surface area contributed by atoms with Gasteiger partial charge in [-0.2, -0.15) is 8.78 Å². The summed E-state index contributed by atoms with van der Waals surface area (Å²) in [5.41, 5.74) is 0.172. The van der Waals surface area contributed by atoms with Crippen LogP contribution >= 0.6 is 0 Å². The van der Waals surface area contributed by atoms with Gasteiger partial charge in [0.05, 0.1) is 24.1 Å². The number of benzene rings is 1. The molecule has 9 heteroatoms. The lowest BCUT2D eigenvalue weighted by Gasteiger charge is -2.39. The van der Waals surface area contributed by atoms with Crippen molar-refractivity contribution in [2.75, 3.05) is 4.90 Å². The van der Waals surface area contributed by atoms with E-state index in [-0.39, 0.29) is 28.7 Å². The Morgan fingerprint density at radius 1 is 1.23 bits per heavy atom. The first-order chi connectivity index (χ1) is 12.2. The van der Waals surface area contributed by atoms with E-state index >= 15 is 0 Å². The Labute approximate surface area is 146 Å². The molecular formula is C17H14F3N3O3. The fourth-order valence-electron chi connectivity index (χ4n) is 2.78. The Morgan fingerprint density at radius 2 is 1.88 bits per heavy atom. The lowest BCUT2D eigenvalue weighted by Crippen LogP contribution is -2.53. The Bertz CT molecular complexity index is 856. The highest BCUT2D eigenvalue weighted by Gasteiger charge is 2.53. The van der Waals surface area contributed by atoms with Gasteiger partial charge < -0.3 is 4.74 Å². The zero-order valence-electron chi connectivity index (χ0n) is 13.8. The van der Waals surface area contributed by atoms with Gasteiger partial charge in [0.25, 0.3) is 0 Å². The zero-order valence-corrected chi connectivity index (χ0v) is 13.8. The summed E-state index contributed by atoms with van der Waals surface area (Å²) in [5.74, 6) is -2.96. The standard InChI is InChI=1S/C17H14F3N3O3/c1-9(2)14(15-21-6-11(18)7-22-15)23-12-4-3-10(8-24)5-13(12)26-17(19,20)16(23)25/h3-9,14H,1-2H3. The van der Waals surface area contributed by atoms with Crippen LogP contribution in [-0.2, 0) is 4.79 Å². The molecule has 2 heterocycles. The molecule has 0 saturated carbocycles. The molecule has 0 radical (unpaired) electrons. The van der Waals surface area contributed by atoms with Crippen molar-refractivity contribution in [3.8, 4) is 5.75 Å². The predicted molar refractivity (Wildman–Crippen MR) is 84.5 cm³/mol. The molecule has 0 aliphatic carbocycles. The SMILES string of the molecule is CC(C)C(c1ncc(F)cn1)N1C(=O)C(F)(F)Oc2cc(C=O)ccc21. The minimum Gasteiger partial charge on any atom is -0.423 e. The summed E-state index contributed by atoms with van der Waals surface area (Å²) in [4.78, 5) is 31.8. The molecule has 1 unspecified atom stereocenters. The number of carbonyl (C=O) groups is 2. The Balaban J connectivity index is 2.18. The van der Waals surface area contributed by atoms with E-state index in [9.17, 15) is 22.8 Å². The minimum atomic E-state index is -4.12. The van der Waals surface area contributed by atoms with Crippen LogP contribution in [-0.4, -0.2) is 28.3 Å². The highest BCUT2D eigenvalue weighted by molar-refractivity contribution is 6.02. The average molecular weight is 365 g/mol. The molecular weight excluding hydrogens is 351 g/mol. The maximum atomic E-state index is 14.2. The van der Waals surface area contributed by atoms with Gasteiger partial charge in [-0.15, -0.1) is 0 Å². The van der Waals surface area contributed by atoms with Crippen LogP contribution in [0, 0.1) is 11.7 Å². The minimum absolute atomic E-state index is 0.0119. The van der Waals surface area contributed by atoms with E-state index < -0.39 is 23.9 Å². The molecule has 1 aromatic carbocycles. The van der Waals surface area contributed by atoms with Crippen LogP contribution in [0.3, 0.4) is 0 Å². The van der Waals surface area contributed by atoms with Gasteiger partial charge in [-0.05, 0) is 24.1 Å². The first kappa shape index (κ1) is 17.8. The summed E-state index contributed by atoms with van der Waals surface area (Å²) < 4.78 is 46.0. The van der Waals surface area contributed by atoms with Crippen molar-refractivity contribution in [1.29, 1.82) is 0 Å². The Kier molecular flexibility index (Phi) is 4.39. The number of aldehydes is 1. The zero-order chi connectivity index (χ0) is 19.1.